The number of carbonyl (C=O) groups is 1. The van der Waals surface area contributed by atoms with E-state index in [-0.39, 0.29) is 0 Å². The largest absolute Gasteiger partial charge is 0.433 e. The third-order valence-electron chi connectivity index (χ3n) is 5.69. The van der Waals surface area contributed by atoms with Gasteiger partial charge in [0.2, 0.25) is 6.29 Å². The molecule has 8 N–H and O–H groups in total. The van der Waals surface area contributed by atoms with Crippen molar-refractivity contribution < 1.29 is 74.1 Å². The van der Waals surface area contributed by atoms with Crippen LogP contribution < -0.4 is 0 Å². The lowest BCUT2D eigenvalue weighted by atomic mass is 9.98. The Morgan fingerprint density at radius 3 is 2.18 bits per heavy atom. The van der Waals surface area contributed by atoms with Gasteiger partial charge in [-0.25, -0.2) is 0 Å². The van der Waals surface area contributed by atoms with Gasteiger partial charge in [-0.3, -0.25) is 4.79 Å². The molecule has 192 valence electrons. The van der Waals surface area contributed by atoms with E-state index < -0.39 is 106 Å². The van der Waals surface area contributed by atoms with Gasteiger partial charge in [-0.1, -0.05) is 0 Å². The van der Waals surface area contributed by atoms with Crippen LogP contribution in [0.15, 0.2) is 0 Å². The standard InChI is InChI=1S/C18H30O15/c1-6(21)30-16-13(10(24)9(23)8(2-19)31-16)33-15-11(25)12(7(22)3-28-15)32-17-14(26)18(27,4-20)5-29-17/h7-17,19-20,22-27H,2-5H2,1H3. The lowest BCUT2D eigenvalue weighted by molar-refractivity contribution is -0.359. The number of hydrogen-bond acceptors (Lipinski definition) is 15. The summed E-state index contributed by atoms with van der Waals surface area (Å²) in [4.78, 5) is 11.4. The second-order valence-corrected chi connectivity index (χ2v) is 8.16. The first kappa shape index (κ1) is 26.6. The highest BCUT2D eigenvalue weighted by atomic mass is 16.8. The number of ether oxygens (including phenoxy) is 6. The van der Waals surface area contributed by atoms with Crippen LogP contribution in [0.5, 0.6) is 0 Å². The van der Waals surface area contributed by atoms with E-state index in [0.29, 0.717) is 0 Å². The van der Waals surface area contributed by atoms with Crippen LogP contribution in [0.2, 0.25) is 0 Å². The molecule has 12 unspecified atom stereocenters. The van der Waals surface area contributed by atoms with E-state index in [1.54, 1.807) is 0 Å². The van der Waals surface area contributed by atoms with Crippen molar-refractivity contribution >= 4 is 5.97 Å². The number of aliphatic hydroxyl groups excluding tert-OH is 7. The molecule has 3 heterocycles. The van der Waals surface area contributed by atoms with E-state index >= 15 is 0 Å². The molecule has 3 rings (SSSR count). The quantitative estimate of drug-likeness (QED) is 0.157. The molecular formula is C18H30O15. The monoisotopic (exact) mass is 486 g/mol. The van der Waals surface area contributed by atoms with Crippen molar-refractivity contribution in [2.24, 2.45) is 0 Å². The van der Waals surface area contributed by atoms with Crippen LogP contribution in [0.3, 0.4) is 0 Å². The molecule has 0 saturated carbocycles. The van der Waals surface area contributed by atoms with Crippen LogP contribution in [0, 0.1) is 0 Å². The van der Waals surface area contributed by atoms with Gasteiger partial charge in [-0.2, -0.15) is 0 Å². The fourth-order valence-electron chi connectivity index (χ4n) is 3.74. The Kier molecular flexibility index (Phi) is 8.61. The second-order valence-electron chi connectivity index (χ2n) is 8.16. The van der Waals surface area contributed by atoms with Gasteiger partial charge >= 0.3 is 5.97 Å². The Bertz CT molecular complexity index is 665. The molecule has 33 heavy (non-hydrogen) atoms. The molecule has 3 aliphatic heterocycles. The number of rotatable bonds is 7. The number of esters is 1. The van der Waals surface area contributed by atoms with Gasteiger partial charge in [-0.15, -0.1) is 0 Å². The molecular weight excluding hydrogens is 456 g/mol. The summed E-state index contributed by atoms with van der Waals surface area (Å²) in [6, 6.07) is 0. The lowest BCUT2D eigenvalue weighted by Crippen LogP contribution is -2.64. The van der Waals surface area contributed by atoms with Gasteiger partial charge in [0.25, 0.3) is 0 Å². The normalized spacial score (nSPS) is 48.6. The molecule has 0 bridgehead atoms. The van der Waals surface area contributed by atoms with E-state index in [0.717, 1.165) is 6.92 Å². The summed E-state index contributed by atoms with van der Waals surface area (Å²) in [5.41, 5.74) is -2.00. The second kappa shape index (κ2) is 10.7. The Morgan fingerprint density at radius 1 is 0.939 bits per heavy atom. The fourth-order valence-corrected chi connectivity index (χ4v) is 3.74. The fraction of sp³-hybridized carbons (Fsp3) is 0.944. The molecule has 0 aliphatic carbocycles. The molecule has 15 nitrogen and oxygen atoms in total. The molecule has 3 saturated heterocycles. The molecule has 0 radical (unpaired) electrons. The van der Waals surface area contributed by atoms with Crippen molar-refractivity contribution in [1.82, 2.24) is 0 Å². The first-order valence-corrected chi connectivity index (χ1v) is 10.2. The highest BCUT2D eigenvalue weighted by Crippen LogP contribution is 2.31. The minimum Gasteiger partial charge on any atom is -0.433 e. The molecule has 3 aliphatic rings. The van der Waals surface area contributed by atoms with Crippen LogP contribution in [-0.4, -0.2) is 147 Å². The van der Waals surface area contributed by atoms with E-state index in [1.807, 2.05) is 0 Å². The third kappa shape index (κ3) is 5.46. The van der Waals surface area contributed by atoms with E-state index in [4.69, 9.17) is 28.4 Å². The molecule has 0 aromatic heterocycles. The maximum Gasteiger partial charge on any atom is 0.305 e. The average molecular weight is 486 g/mol. The van der Waals surface area contributed by atoms with Crippen molar-refractivity contribution in [3.05, 3.63) is 0 Å². The smallest absolute Gasteiger partial charge is 0.305 e. The first-order valence-electron chi connectivity index (χ1n) is 10.2. The van der Waals surface area contributed by atoms with Gasteiger partial charge < -0.3 is 69.3 Å². The topological polar surface area (TPSA) is 234 Å². The minimum absolute atomic E-state index is 0.441. The van der Waals surface area contributed by atoms with Crippen molar-refractivity contribution in [2.75, 3.05) is 26.4 Å². The number of aliphatic hydroxyl groups is 8. The Hall–Kier alpha value is -1.05. The van der Waals surface area contributed by atoms with Crippen molar-refractivity contribution in [2.45, 2.75) is 80.2 Å². The van der Waals surface area contributed by atoms with E-state index in [9.17, 15) is 45.6 Å². The highest BCUT2D eigenvalue weighted by molar-refractivity contribution is 5.66. The first-order chi connectivity index (χ1) is 15.5. The Morgan fingerprint density at radius 2 is 1.61 bits per heavy atom. The van der Waals surface area contributed by atoms with Crippen molar-refractivity contribution in [3.63, 3.8) is 0 Å². The van der Waals surface area contributed by atoms with Crippen LogP contribution in [-0.2, 0) is 33.2 Å². The summed E-state index contributed by atoms with van der Waals surface area (Å²) >= 11 is 0. The van der Waals surface area contributed by atoms with E-state index in [1.165, 1.54) is 0 Å². The zero-order valence-electron chi connectivity index (χ0n) is 17.6. The average Bonchev–Trinajstić information content (AvgIpc) is 3.06. The molecule has 0 amide bonds. The molecule has 12 atom stereocenters. The number of carbonyl (C=O) groups excluding carboxylic acids is 1. The van der Waals surface area contributed by atoms with Gasteiger partial charge in [0.15, 0.2) is 18.7 Å². The summed E-state index contributed by atoms with van der Waals surface area (Å²) < 4.78 is 31.5. The van der Waals surface area contributed by atoms with Crippen LogP contribution >= 0.6 is 0 Å². The van der Waals surface area contributed by atoms with Crippen LogP contribution in [0.1, 0.15) is 6.92 Å². The zero-order valence-corrected chi connectivity index (χ0v) is 17.6. The Labute approximate surface area is 187 Å². The van der Waals surface area contributed by atoms with E-state index in [2.05, 4.69) is 0 Å². The van der Waals surface area contributed by atoms with Gasteiger partial charge in [0, 0.05) is 6.92 Å². The number of hydrogen-bond donors (Lipinski definition) is 8. The maximum absolute atomic E-state index is 11.4. The predicted molar refractivity (Wildman–Crippen MR) is 98.8 cm³/mol. The molecule has 0 spiro atoms. The van der Waals surface area contributed by atoms with Gasteiger partial charge in [0.1, 0.15) is 48.3 Å². The summed E-state index contributed by atoms with van der Waals surface area (Å²) in [5.74, 6) is -0.820. The Balaban J connectivity index is 1.71. The zero-order chi connectivity index (χ0) is 24.5. The molecule has 15 heteroatoms. The van der Waals surface area contributed by atoms with Gasteiger partial charge in [0.05, 0.1) is 26.4 Å². The van der Waals surface area contributed by atoms with Crippen molar-refractivity contribution in [1.29, 1.82) is 0 Å². The summed E-state index contributed by atoms with van der Waals surface area (Å²) in [7, 11) is 0. The molecule has 0 aromatic rings. The lowest BCUT2D eigenvalue weighted by Gasteiger charge is -2.45. The highest BCUT2D eigenvalue weighted by Gasteiger charge is 2.53. The molecule has 3 fully saturated rings. The molecule has 0 aromatic carbocycles. The van der Waals surface area contributed by atoms with Crippen molar-refractivity contribution in [3.8, 4) is 0 Å². The van der Waals surface area contributed by atoms with Crippen LogP contribution in [0.4, 0.5) is 0 Å². The van der Waals surface area contributed by atoms with Crippen LogP contribution in [0.25, 0.3) is 0 Å². The maximum atomic E-state index is 11.4. The summed E-state index contributed by atoms with van der Waals surface area (Å²) in [6.45, 7) is -1.38. The minimum atomic E-state index is -2.00. The summed E-state index contributed by atoms with van der Waals surface area (Å²) in [6.07, 6.45) is -17.3. The third-order valence-corrected chi connectivity index (χ3v) is 5.69. The van der Waals surface area contributed by atoms with Gasteiger partial charge in [-0.05, 0) is 0 Å². The SMILES string of the molecule is CC(=O)OC1OC(CO)C(O)C(O)C1OC1OCC(O)C(OC2OCC(O)(CO)C2O)C1O. The summed E-state index contributed by atoms with van der Waals surface area (Å²) in [5, 5.41) is 80.2. The predicted octanol–water partition coefficient (Wildman–Crippen LogP) is -5.72.